The molecule has 1 aromatic carbocycles. The number of rotatable bonds is 4. The summed E-state index contributed by atoms with van der Waals surface area (Å²) in [5, 5.41) is 14.8. The van der Waals surface area contributed by atoms with Crippen LogP contribution < -0.4 is 5.43 Å². The Bertz CT molecular complexity index is 595. The van der Waals surface area contributed by atoms with Gasteiger partial charge in [-0.3, -0.25) is 14.9 Å². The standard InChI is InChI=1S/C15H17N3O3/c19-15(9-10-2-5-13(6-3-10)18(20)21)17-16-14-8-11-1-4-12(14)7-11/h2-3,5-6,11-12H,1,4,7-9H2,(H,17,19)/b16-14-. The average molecular weight is 287 g/mol. The Morgan fingerprint density at radius 1 is 1.33 bits per heavy atom. The molecular weight excluding hydrogens is 270 g/mol. The number of hydrogen-bond acceptors (Lipinski definition) is 4. The highest BCUT2D eigenvalue weighted by molar-refractivity contribution is 5.91. The fourth-order valence-electron chi connectivity index (χ4n) is 3.26. The maximum absolute atomic E-state index is 11.8. The van der Waals surface area contributed by atoms with Crippen molar-refractivity contribution in [1.82, 2.24) is 5.43 Å². The smallest absolute Gasteiger partial charge is 0.269 e. The van der Waals surface area contributed by atoms with Crippen molar-refractivity contribution in [2.75, 3.05) is 0 Å². The van der Waals surface area contributed by atoms with E-state index in [0.29, 0.717) is 5.92 Å². The summed E-state index contributed by atoms with van der Waals surface area (Å²) in [6.45, 7) is 0. The molecular formula is C15H17N3O3. The SMILES string of the molecule is O=C(Cc1ccc([N+](=O)[O-])cc1)N/N=C1/CC2CCC1C2. The molecule has 0 aromatic heterocycles. The Kier molecular flexibility index (Phi) is 3.68. The predicted molar refractivity (Wildman–Crippen MR) is 77.8 cm³/mol. The topological polar surface area (TPSA) is 84.6 Å². The summed E-state index contributed by atoms with van der Waals surface area (Å²) in [5.74, 6) is 1.15. The first-order chi connectivity index (χ1) is 10.1. The highest BCUT2D eigenvalue weighted by Crippen LogP contribution is 2.42. The van der Waals surface area contributed by atoms with E-state index in [-0.39, 0.29) is 18.0 Å². The summed E-state index contributed by atoms with van der Waals surface area (Å²) in [4.78, 5) is 21.9. The molecule has 2 aliphatic carbocycles. The van der Waals surface area contributed by atoms with Crippen LogP contribution in [0.3, 0.4) is 0 Å². The van der Waals surface area contributed by atoms with Crippen LogP contribution in [0.4, 0.5) is 5.69 Å². The zero-order valence-electron chi connectivity index (χ0n) is 11.6. The van der Waals surface area contributed by atoms with Gasteiger partial charge in [0.15, 0.2) is 0 Å². The Labute approximate surface area is 122 Å². The number of amides is 1. The van der Waals surface area contributed by atoms with E-state index in [0.717, 1.165) is 23.6 Å². The molecule has 3 rings (SSSR count). The lowest BCUT2D eigenvalue weighted by atomic mass is 9.99. The molecule has 0 saturated heterocycles. The third-order valence-electron chi connectivity index (χ3n) is 4.35. The molecule has 0 radical (unpaired) electrons. The molecule has 2 bridgehead atoms. The molecule has 6 nitrogen and oxygen atoms in total. The number of carbonyl (C=O) groups excluding carboxylic acids is 1. The third-order valence-corrected chi connectivity index (χ3v) is 4.35. The second-order valence-corrected chi connectivity index (χ2v) is 5.82. The van der Waals surface area contributed by atoms with E-state index >= 15 is 0 Å². The molecule has 1 N–H and O–H groups in total. The molecule has 1 aromatic rings. The van der Waals surface area contributed by atoms with E-state index in [2.05, 4.69) is 10.5 Å². The van der Waals surface area contributed by atoms with E-state index in [1.165, 1.54) is 31.4 Å². The minimum Gasteiger partial charge on any atom is -0.273 e. The predicted octanol–water partition coefficient (Wildman–Crippen LogP) is 2.43. The Balaban J connectivity index is 1.54. The van der Waals surface area contributed by atoms with Crippen LogP contribution in [0.2, 0.25) is 0 Å². The van der Waals surface area contributed by atoms with Crippen LogP contribution in [0.25, 0.3) is 0 Å². The minimum absolute atomic E-state index is 0.0291. The molecule has 2 saturated carbocycles. The summed E-state index contributed by atoms with van der Waals surface area (Å²) in [5.41, 5.74) is 4.51. The van der Waals surface area contributed by atoms with Gasteiger partial charge in [-0.15, -0.1) is 0 Å². The molecule has 0 aliphatic heterocycles. The molecule has 2 atom stereocenters. The fraction of sp³-hybridized carbons (Fsp3) is 0.467. The summed E-state index contributed by atoms with van der Waals surface area (Å²) in [6.07, 6.45) is 4.91. The van der Waals surface area contributed by atoms with Gasteiger partial charge >= 0.3 is 0 Å². The summed E-state index contributed by atoms with van der Waals surface area (Å²) < 4.78 is 0. The lowest BCUT2D eigenvalue weighted by Crippen LogP contribution is -2.23. The highest BCUT2D eigenvalue weighted by atomic mass is 16.6. The monoisotopic (exact) mass is 287 g/mol. The second kappa shape index (κ2) is 5.63. The first kappa shape index (κ1) is 13.7. The molecule has 2 fully saturated rings. The summed E-state index contributed by atoms with van der Waals surface area (Å²) in [6, 6.07) is 6.01. The summed E-state index contributed by atoms with van der Waals surface area (Å²) >= 11 is 0. The van der Waals surface area contributed by atoms with Gasteiger partial charge in [0.05, 0.1) is 11.3 Å². The minimum atomic E-state index is -0.453. The van der Waals surface area contributed by atoms with Gasteiger partial charge < -0.3 is 0 Å². The van der Waals surface area contributed by atoms with Crippen LogP contribution in [0.5, 0.6) is 0 Å². The highest BCUT2D eigenvalue weighted by Gasteiger charge is 2.36. The van der Waals surface area contributed by atoms with Gasteiger partial charge in [-0.25, -0.2) is 5.43 Å². The average Bonchev–Trinajstić information content (AvgIpc) is 3.08. The number of nitrogens with one attached hydrogen (secondary N) is 1. The largest absolute Gasteiger partial charge is 0.273 e. The number of fused-ring (bicyclic) bond motifs is 2. The van der Waals surface area contributed by atoms with Crippen molar-refractivity contribution >= 4 is 17.3 Å². The first-order valence-electron chi connectivity index (χ1n) is 7.20. The molecule has 0 heterocycles. The second-order valence-electron chi connectivity index (χ2n) is 5.82. The molecule has 2 aliphatic rings. The van der Waals surface area contributed by atoms with E-state index in [4.69, 9.17) is 0 Å². The van der Waals surface area contributed by atoms with Crippen LogP contribution >= 0.6 is 0 Å². The van der Waals surface area contributed by atoms with Gasteiger partial charge in [0.25, 0.3) is 5.69 Å². The van der Waals surface area contributed by atoms with E-state index < -0.39 is 4.92 Å². The van der Waals surface area contributed by atoms with Crippen molar-refractivity contribution in [3.63, 3.8) is 0 Å². The summed E-state index contributed by atoms with van der Waals surface area (Å²) in [7, 11) is 0. The van der Waals surface area contributed by atoms with Crippen molar-refractivity contribution < 1.29 is 9.72 Å². The molecule has 1 amide bonds. The quantitative estimate of drug-likeness (QED) is 0.681. The number of nitro benzene ring substituents is 1. The molecule has 21 heavy (non-hydrogen) atoms. The number of nitrogens with zero attached hydrogens (tertiary/aromatic N) is 2. The zero-order chi connectivity index (χ0) is 14.8. The van der Waals surface area contributed by atoms with Gasteiger partial charge in [0.2, 0.25) is 5.91 Å². The number of benzene rings is 1. The van der Waals surface area contributed by atoms with Gasteiger partial charge in [-0.1, -0.05) is 12.1 Å². The van der Waals surface area contributed by atoms with Crippen LogP contribution in [-0.4, -0.2) is 16.5 Å². The maximum atomic E-state index is 11.8. The van der Waals surface area contributed by atoms with Crippen molar-refractivity contribution in [3.8, 4) is 0 Å². The van der Waals surface area contributed by atoms with Crippen molar-refractivity contribution in [1.29, 1.82) is 0 Å². The van der Waals surface area contributed by atoms with Gasteiger partial charge in [-0.2, -0.15) is 5.10 Å². The number of hydrazone groups is 1. The Morgan fingerprint density at radius 3 is 2.67 bits per heavy atom. The van der Waals surface area contributed by atoms with Crippen LogP contribution in [-0.2, 0) is 11.2 Å². The molecule has 0 spiro atoms. The van der Waals surface area contributed by atoms with E-state index in [9.17, 15) is 14.9 Å². The Morgan fingerprint density at radius 2 is 2.10 bits per heavy atom. The molecule has 2 unspecified atom stereocenters. The van der Waals surface area contributed by atoms with Gasteiger partial charge in [0, 0.05) is 17.8 Å². The maximum Gasteiger partial charge on any atom is 0.269 e. The number of non-ortho nitro benzene ring substituents is 1. The lowest BCUT2D eigenvalue weighted by Gasteiger charge is -2.11. The molecule has 110 valence electrons. The van der Waals surface area contributed by atoms with Crippen molar-refractivity contribution in [2.45, 2.75) is 32.1 Å². The number of hydrogen-bond donors (Lipinski definition) is 1. The van der Waals surface area contributed by atoms with Crippen molar-refractivity contribution in [3.05, 3.63) is 39.9 Å². The first-order valence-corrected chi connectivity index (χ1v) is 7.20. The zero-order valence-corrected chi connectivity index (χ0v) is 11.6. The Hall–Kier alpha value is -2.24. The van der Waals surface area contributed by atoms with Crippen LogP contribution in [0, 0.1) is 22.0 Å². The van der Waals surface area contributed by atoms with Crippen LogP contribution in [0.15, 0.2) is 29.4 Å². The van der Waals surface area contributed by atoms with Crippen LogP contribution in [0.1, 0.15) is 31.2 Å². The molecule has 6 heteroatoms. The van der Waals surface area contributed by atoms with Crippen molar-refractivity contribution in [2.24, 2.45) is 16.9 Å². The normalized spacial score (nSPS) is 25.2. The van der Waals surface area contributed by atoms with Gasteiger partial charge in [0.1, 0.15) is 0 Å². The number of nitro groups is 1. The van der Waals surface area contributed by atoms with E-state index in [1.54, 1.807) is 12.1 Å². The van der Waals surface area contributed by atoms with Gasteiger partial charge in [-0.05, 0) is 43.1 Å². The lowest BCUT2D eigenvalue weighted by molar-refractivity contribution is -0.384. The number of carbonyl (C=O) groups is 1. The van der Waals surface area contributed by atoms with E-state index in [1.807, 2.05) is 0 Å². The fourth-order valence-corrected chi connectivity index (χ4v) is 3.26. The third kappa shape index (κ3) is 3.09.